The van der Waals surface area contributed by atoms with Crippen molar-refractivity contribution in [1.29, 1.82) is 0 Å². The van der Waals surface area contributed by atoms with E-state index in [0.29, 0.717) is 11.9 Å². The number of carbonyl (C=O) groups is 1. The molecule has 0 aliphatic carbocycles. The highest BCUT2D eigenvalue weighted by molar-refractivity contribution is 6.32. The van der Waals surface area contributed by atoms with Gasteiger partial charge in [0.15, 0.2) is 17.1 Å². The lowest BCUT2D eigenvalue weighted by molar-refractivity contribution is 0.111. The van der Waals surface area contributed by atoms with Crippen molar-refractivity contribution in [2.24, 2.45) is 0 Å². The zero-order valence-electron chi connectivity index (χ0n) is 5.94. The van der Waals surface area contributed by atoms with Gasteiger partial charge in [-0.15, -0.1) is 0 Å². The fraction of sp³-hybridized carbons (Fsp3) is 0. The van der Waals surface area contributed by atoms with Gasteiger partial charge in [-0.3, -0.25) is 4.79 Å². The Morgan fingerprint density at radius 2 is 2.42 bits per heavy atom. The summed E-state index contributed by atoms with van der Waals surface area (Å²) in [5.41, 5.74) is 0.792. The first-order valence-corrected chi connectivity index (χ1v) is 3.65. The summed E-state index contributed by atoms with van der Waals surface area (Å²) < 4.78 is 1.41. The molecule has 0 saturated carbocycles. The SMILES string of the molecule is O=Cc1nc2cccnn2c1Cl. The van der Waals surface area contributed by atoms with Gasteiger partial charge in [-0.1, -0.05) is 11.6 Å². The Morgan fingerprint density at radius 1 is 1.58 bits per heavy atom. The molecule has 0 N–H and O–H groups in total. The van der Waals surface area contributed by atoms with Crippen molar-refractivity contribution in [3.8, 4) is 0 Å². The fourth-order valence-corrected chi connectivity index (χ4v) is 1.17. The quantitative estimate of drug-likeness (QED) is 0.621. The average Bonchev–Trinajstić information content (AvgIpc) is 2.44. The van der Waals surface area contributed by atoms with Crippen LogP contribution < -0.4 is 0 Å². The van der Waals surface area contributed by atoms with Gasteiger partial charge >= 0.3 is 0 Å². The standard InChI is InChI=1S/C7H4ClN3O/c8-7-5(4-12)10-6-2-1-3-9-11(6)7/h1-4H. The van der Waals surface area contributed by atoms with Crippen LogP contribution in [0.5, 0.6) is 0 Å². The van der Waals surface area contributed by atoms with Crippen molar-refractivity contribution in [1.82, 2.24) is 14.6 Å². The third kappa shape index (κ3) is 0.887. The smallest absolute Gasteiger partial charge is 0.171 e. The van der Waals surface area contributed by atoms with Gasteiger partial charge in [-0.2, -0.15) is 5.10 Å². The first-order valence-electron chi connectivity index (χ1n) is 3.27. The zero-order chi connectivity index (χ0) is 8.55. The molecule has 12 heavy (non-hydrogen) atoms. The number of aldehydes is 1. The summed E-state index contributed by atoms with van der Waals surface area (Å²) in [5.74, 6) is 0. The molecule has 0 amide bonds. The minimum Gasteiger partial charge on any atom is -0.296 e. The molecule has 2 aromatic heterocycles. The maximum Gasteiger partial charge on any atom is 0.171 e. The van der Waals surface area contributed by atoms with Crippen LogP contribution in [0.2, 0.25) is 5.15 Å². The van der Waals surface area contributed by atoms with Gasteiger partial charge in [0.2, 0.25) is 0 Å². The molecular weight excluding hydrogens is 178 g/mol. The molecule has 0 bridgehead atoms. The molecule has 0 radical (unpaired) electrons. The second-order valence-electron chi connectivity index (χ2n) is 2.20. The minimum absolute atomic E-state index is 0.218. The van der Waals surface area contributed by atoms with Crippen molar-refractivity contribution < 1.29 is 4.79 Å². The Kier molecular flexibility index (Phi) is 1.55. The van der Waals surface area contributed by atoms with E-state index in [4.69, 9.17) is 11.6 Å². The van der Waals surface area contributed by atoms with Crippen molar-refractivity contribution in [3.63, 3.8) is 0 Å². The van der Waals surface area contributed by atoms with E-state index in [1.165, 1.54) is 4.52 Å². The highest BCUT2D eigenvalue weighted by Gasteiger charge is 2.08. The number of fused-ring (bicyclic) bond motifs is 1. The van der Waals surface area contributed by atoms with E-state index in [1.807, 2.05) is 0 Å². The monoisotopic (exact) mass is 181 g/mol. The van der Waals surface area contributed by atoms with Gasteiger partial charge in [0.25, 0.3) is 0 Å². The number of aromatic nitrogens is 3. The lowest BCUT2D eigenvalue weighted by Gasteiger charge is -1.89. The van der Waals surface area contributed by atoms with Crippen LogP contribution >= 0.6 is 11.6 Å². The summed E-state index contributed by atoms with van der Waals surface area (Å²) in [4.78, 5) is 14.3. The summed E-state index contributed by atoms with van der Waals surface area (Å²) in [7, 11) is 0. The van der Waals surface area contributed by atoms with E-state index in [1.54, 1.807) is 18.3 Å². The van der Waals surface area contributed by atoms with Crippen molar-refractivity contribution >= 4 is 23.5 Å². The van der Waals surface area contributed by atoms with Gasteiger partial charge < -0.3 is 0 Å². The minimum atomic E-state index is 0.218. The number of carbonyl (C=O) groups excluding carboxylic acids is 1. The molecule has 0 unspecified atom stereocenters. The first-order chi connectivity index (χ1) is 5.83. The van der Waals surface area contributed by atoms with Gasteiger partial charge in [-0.25, -0.2) is 9.50 Å². The largest absolute Gasteiger partial charge is 0.296 e. The molecule has 0 fully saturated rings. The van der Waals surface area contributed by atoms with Gasteiger partial charge in [0, 0.05) is 6.20 Å². The molecule has 2 heterocycles. The summed E-state index contributed by atoms with van der Waals surface area (Å²) in [6.45, 7) is 0. The molecule has 4 nitrogen and oxygen atoms in total. The van der Waals surface area contributed by atoms with Gasteiger partial charge in [0.05, 0.1) is 0 Å². The molecule has 0 saturated heterocycles. The Labute approximate surface area is 72.8 Å². The summed E-state index contributed by atoms with van der Waals surface area (Å²) in [6.07, 6.45) is 2.19. The highest BCUT2D eigenvalue weighted by atomic mass is 35.5. The average molecular weight is 182 g/mol. The van der Waals surface area contributed by atoms with Crippen LogP contribution in [0.25, 0.3) is 5.65 Å². The molecule has 60 valence electrons. The van der Waals surface area contributed by atoms with E-state index in [-0.39, 0.29) is 10.8 Å². The van der Waals surface area contributed by atoms with Crippen LogP contribution in [0.3, 0.4) is 0 Å². The molecule has 2 rings (SSSR count). The number of hydrogen-bond acceptors (Lipinski definition) is 3. The van der Waals surface area contributed by atoms with E-state index in [2.05, 4.69) is 10.1 Å². The molecule has 0 aliphatic rings. The number of nitrogens with zero attached hydrogens (tertiary/aromatic N) is 3. The molecule has 0 aliphatic heterocycles. The molecule has 0 spiro atoms. The normalized spacial score (nSPS) is 10.4. The molecular formula is C7H4ClN3O. The van der Waals surface area contributed by atoms with E-state index in [9.17, 15) is 4.79 Å². The number of halogens is 1. The Bertz CT molecular complexity index is 437. The molecule has 0 aromatic carbocycles. The topological polar surface area (TPSA) is 47.3 Å². The Balaban J connectivity index is 2.87. The Hall–Kier alpha value is -1.42. The fourth-order valence-electron chi connectivity index (χ4n) is 0.953. The predicted molar refractivity (Wildman–Crippen MR) is 43.4 cm³/mol. The predicted octanol–water partition coefficient (Wildman–Crippen LogP) is 1.20. The van der Waals surface area contributed by atoms with Crippen LogP contribution in [0, 0.1) is 0 Å². The lowest BCUT2D eigenvalue weighted by atomic mass is 10.5. The number of imidazole rings is 1. The summed E-state index contributed by atoms with van der Waals surface area (Å²) in [5, 5.41) is 4.16. The highest BCUT2D eigenvalue weighted by Crippen LogP contribution is 2.14. The van der Waals surface area contributed by atoms with Crippen LogP contribution in [0.4, 0.5) is 0 Å². The maximum atomic E-state index is 10.4. The molecule has 5 heteroatoms. The third-order valence-corrected chi connectivity index (χ3v) is 1.83. The van der Waals surface area contributed by atoms with E-state index < -0.39 is 0 Å². The first kappa shape index (κ1) is 7.24. The van der Waals surface area contributed by atoms with Crippen LogP contribution in [0.1, 0.15) is 10.5 Å². The van der Waals surface area contributed by atoms with Crippen molar-refractivity contribution in [2.45, 2.75) is 0 Å². The summed E-state index contributed by atoms with van der Waals surface area (Å²) in [6, 6.07) is 3.46. The van der Waals surface area contributed by atoms with Crippen LogP contribution in [-0.4, -0.2) is 20.9 Å². The van der Waals surface area contributed by atoms with Crippen LogP contribution in [0.15, 0.2) is 18.3 Å². The Morgan fingerprint density at radius 3 is 3.08 bits per heavy atom. The zero-order valence-corrected chi connectivity index (χ0v) is 6.69. The maximum absolute atomic E-state index is 10.4. The summed E-state index contributed by atoms with van der Waals surface area (Å²) >= 11 is 5.76. The second kappa shape index (κ2) is 2.57. The van der Waals surface area contributed by atoms with Gasteiger partial charge in [0.1, 0.15) is 5.69 Å². The molecule has 2 aromatic rings. The second-order valence-corrected chi connectivity index (χ2v) is 2.56. The third-order valence-electron chi connectivity index (χ3n) is 1.47. The number of rotatable bonds is 1. The van der Waals surface area contributed by atoms with E-state index >= 15 is 0 Å². The van der Waals surface area contributed by atoms with Crippen molar-refractivity contribution in [3.05, 3.63) is 29.2 Å². The lowest BCUT2D eigenvalue weighted by Crippen LogP contribution is -1.88. The molecule has 0 atom stereocenters. The van der Waals surface area contributed by atoms with Crippen LogP contribution in [-0.2, 0) is 0 Å². The van der Waals surface area contributed by atoms with E-state index in [0.717, 1.165) is 0 Å². The number of hydrogen-bond donors (Lipinski definition) is 0. The van der Waals surface area contributed by atoms with Gasteiger partial charge in [-0.05, 0) is 12.1 Å². The van der Waals surface area contributed by atoms with Crippen molar-refractivity contribution in [2.75, 3.05) is 0 Å².